The summed E-state index contributed by atoms with van der Waals surface area (Å²) in [5, 5.41) is 6.95. The van der Waals surface area contributed by atoms with Crippen LogP contribution in [-0.2, 0) is 26.5 Å². The topological polar surface area (TPSA) is 46.5 Å². The summed E-state index contributed by atoms with van der Waals surface area (Å²) >= 11 is 0. The van der Waals surface area contributed by atoms with Gasteiger partial charge in [0, 0.05) is 16.8 Å². The minimum atomic E-state index is 0. The van der Waals surface area contributed by atoms with Crippen LogP contribution in [0.2, 0.25) is 0 Å². The molecule has 0 aliphatic rings. The molecule has 1 N–H and O–H groups in total. The fourth-order valence-electron chi connectivity index (χ4n) is 0. The van der Waals surface area contributed by atoms with Gasteiger partial charge in [0.05, 0.1) is 0 Å². The van der Waals surface area contributed by atoms with Crippen molar-refractivity contribution < 1.29 is 31.7 Å². The minimum absolute atomic E-state index is 0. The van der Waals surface area contributed by atoms with Crippen LogP contribution in [0, 0.1) is 0 Å². The van der Waals surface area contributed by atoms with Crippen molar-refractivity contribution in [3.63, 3.8) is 0 Å². The first-order chi connectivity index (χ1) is 1.91. The van der Waals surface area contributed by atoms with Gasteiger partial charge in [0.2, 0.25) is 0 Å². The van der Waals surface area contributed by atoms with Crippen LogP contribution in [0.4, 0.5) is 0 Å². The summed E-state index contributed by atoms with van der Waals surface area (Å²) in [6.07, 6.45) is 0. The van der Waals surface area contributed by atoms with Crippen LogP contribution in [0.15, 0.2) is 0 Å². The largest absolute Gasteiger partial charge is 0.509 e. The predicted octanol–water partition coefficient (Wildman–Crippen LogP) is 0.813. The minimum Gasteiger partial charge on any atom is -0.509 e. The first-order valence-corrected chi connectivity index (χ1v) is 0.591. The van der Waals surface area contributed by atoms with Gasteiger partial charge in [-0.1, -0.05) is 14.9 Å². The second kappa shape index (κ2) is 38.6. The molecule has 0 aromatic carbocycles. The molecular formula is C3H9CoO3-. The van der Waals surface area contributed by atoms with E-state index >= 15 is 0 Å². The smallest absolute Gasteiger partial charge is 0 e. The number of hydrogen-bond donors (Lipinski definition) is 1. The molecule has 0 saturated heterocycles. The molecule has 0 saturated carbocycles. The van der Waals surface area contributed by atoms with Gasteiger partial charge in [-0.25, -0.2) is 5.26 Å². The molecule has 7 heavy (non-hydrogen) atoms. The molecule has 0 spiro atoms. The van der Waals surface area contributed by atoms with Gasteiger partial charge in [0.1, 0.15) is 0 Å². The van der Waals surface area contributed by atoms with E-state index in [9.17, 15) is 0 Å². The van der Waals surface area contributed by atoms with E-state index in [1.54, 1.807) is 0 Å². The molecule has 0 aliphatic heterocycles. The Labute approximate surface area is 53.8 Å². The van der Waals surface area contributed by atoms with Gasteiger partial charge in [-0.2, -0.15) is 0 Å². The van der Waals surface area contributed by atoms with Gasteiger partial charge in [0.25, 0.3) is 0 Å². The third kappa shape index (κ3) is 105. The van der Waals surface area contributed by atoms with Crippen molar-refractivity contribution in [2.75, 3.05) is 0 Å². The van der Waals surface area contributed by atoms with Crippen LogP contribution < -0.4 is 0 Å². The molecule has 0 unspecified atom stereocenters. The van der Waals surface area contributed by atoms with Crippen LogP contribution in [0.5, 0.6) is 0 Å². The molecule has 0 aromatic rings. The molecule has 1 radical (unpaired) electrons. The normalized spacial score (nSPS) is 3.00. The number of rotatable bonds is 1. The average Bonchev–Trinajstić information content (AvgIpc) is 1.37. The number of hydrogen-bond acceptors (Lipinski definition) is 3. The van der Waals surface area contributed by atoms with Crippen LogP contribution in [0.25, 0.3) is 0 Å². The fraction of sp³-hybridized carbons (Fsp3) is 0.667. The summed E-state index contributed by atoms with van der Waals surface area (Å²) in [6, 6.07) is 0. The Kier molecular flexibility index (Phi) is 156. The van der Waals surface area contributed by atoms with Gasteiger partial charge in [-0.05, 0) is 6.47 Å². The van der Waals surface area contributed by atoms with Crippen molar-refractivity contribution in [2.24, 2.45) is 0 Å². The molecule has 0 bridgehead atoms. The van der Waals surface area contributed by atoms with Gasteiger partial charge in [-0.15, -0.1) is 0 Å². The van der Waals surface area contributed by atoms with E-state index in [1.165, 1.54) is 0 Å². The molecule has 0 aromatic heterocycles. The predicted molar refractivity (Wildman–Crippen MR) is 22.9 cm³/mol. The van der Waals surface area contributed by atoms with Crippen molar-refractivity contribution in [2.45, 2.75) is 14.9 Å². The van der Waals surface area contributed by atoms with Crippen LogP contribution >= 0.6 is 0 Å². The maximum Gasteiger partial charge on any atom is 0 e. The van der Waals surface area contributed by atoms with Crippen LogP contribution in [0.1, 0.15) is 14.9 Å². The molecule has 0 heterocycles. The summed E-state index contributed by atoms with van der Waals surface area (Å²) in [5.74, 6) is 0. The SMILES string of the molecule is C.C.O=[C-]OO.[Co]. The quantitative estimate of drug-likeness (QED) is 0.343. The number of carbonyl (C=O) groups excluding carboxylic acids is 1. The van der Waals surface area contributed by atoms with E-state index in [0.717, 1.165) is 6.47 Å². The van der Waals surface area contributed by atoms with Gasteiger partial charge in [-0.3, -0.25) is 0 Å². The monoisotopic (exact) mass is 152 g/mol. The van der Waals surface area contributed by atoms with Crippen molar-refractivity contribution >= 4 is 6.47 Å². The Morgan fingerprint density at radius 1 is 1.43 bits per heavy atom. The van der Waals surface area contributed by atoms with Crippen molar-refractivity contribution in [3.05, 3.63) is 0 Å². The van der Waals surface area contributed by atoms with Gasteiger partial charge >= 0.3 is 0 Å². The third-order valence-corrected chi connectivity index (χ3v) is 0.0373. The van der Waals surface area contributed by atoms with E-state index in [4.69, 9.17) is 10.1 Å². The van der Waals surface area contributed by atoms with Crippen molar-refractivity contribution in [3.8, 4) is 0 Å². The van der Waals surface area contributed by atoms with E-state index in [-0.39, 0.29) is 31.6 Å². The Morgan fingerprint density at radius 3 is 1.57 bits per heavy atom. The Morgan fingerprint density at radius 2 is 1.57 bits per heavy atom. The van der Waals surface area contributed by atoms with Crippen LogP contribution in [-0.4, -0.2) is 11.7 Å². The Hall–Kier alpha value is -0.0635. The molecule has 0 amide bonds. The molecule has 0 aliphatic carbocycles. The van der Waals surface area contributed by atoms with Gasteiger partial charge < -0.3 is 9.68 Å². The maximum atomic E-state index is 8.58. The zero-order valence-electron chi connectivity index (χ0n) is 2.10. The Balaban J connectivity index is -0.0000000150. The summed E-state index contributed by atoms with van der Waals surface area (Å²) < 4.78 is 0. The molecule has 0 fully saturated rings. The molecule has 0 atom stereocenters. The van der Waals surface area contributed by atoms with E-state index < -0.39 is 0 Å². The van der Waals surface area contributed by atoms with Crippen LogP contribution in [0.3, 0.4) is 0 Å². The molecule has 0 rings (SSSR count). The van der Waals surface area contributed by atoms with E-state index in [0.29, 0.717) is 0 Å². The average molecular weight is 152 g/mol. The fourth-order valence-corrected chi connectivity index (χ4v) is 0. The summed E-state index contributed by atoms with van der Waals surface area (Å²) in [4.78, 5) is 11.3. The summed E-state index contributed by atoms with van der Waals surface area (Å²) in [6.45, 7) is 0.736. The molecule has 4 heteroatoms. The second-order valence-electron chi connectivity index (χ2n) is 0.175. The van der Waals surface area contributed by atoms with Crippen molar-refractivity contribution in [1.29, 1.82) is 0 Å². The zero-order valence-corrected chi connectivity index (χ0v) is 3.14. The molecule has 49 valence electrons. The standard InChI is InChI=1S/CHO3.2CH4.Co/c2-1-4-3;;;/h3H;2*1H4;/q-1;;;. The Bertz CT molecular complexity index is 24.1. The van der Waals surface area contributed by atoms with Crippen molar-refractivity contribution in [1.82, 2.24) is 0 Å². The van der Waals surface area contributed by atoms with E-state index in [1.807, 2.05) is 0 Å². The summed E-state index contributed by atoms with van der Waals surface area (Å²) in [5.41, 5.74) is 0. The zero-order chi connectivity index (χ0) is 3.41. The van der Waals surface area contributed by atoms with E-state index in [2.05, 4.69) is 4.89 Å². The first kappa shape index (κ1) is 28.3. The summed E-state index contributed by atoms with van der Waals surface area (Å²) in [7, 11) is 0. The first-order valence-electron chi connectivity index (χ1n) is 0.591. The third-order valence-electron chi connectivity index (χ3n) is 0.0373. The van der Waals surface area contributed by atoms with Gasteiger partial charge in [0.15, 0.2) is 0 Å². The molecule has 3 nitrogen and oxygen atoms in total. The second-order valence-corrected chi connectivity index (χ2v) is 0.175. The maximum absolute atomic E-state index is 8.58. The molecular weight excluding hydrogens is 143 g/mol.